The van der Waals surface area contributed by atoms with E-state index in [9.17, 15) is 4.79 Å². The van der Waals surface area contributed by atoms with Gasteiger partial charge in [-0.15, -0.1) is 0 Å². The first-order chi connectivity index (χ1) is 9.19. The summed E-state index contributed by atoms with van der Waals surface area (Å²) in [5.41, 5.74) is 1.74. The van der Waals surface area contributed by atoms with E-state index < -0.39 is 0 Å². The van der Waals surface area contributed by atoms with Gasteiger partial charge in [-0.3, -0.25) is 0 Å². The molecule has 1 aliphatic rings. The van der Waals surface area contributed by atoms with Gasteiger partial charge in [-0.05, 0) is 37.5 Å². The molecule has 2 N–H and O–H groups in total. The van der Waals surface area contributed by atoms with Crippen LogP contribution in [-0.2, 0) is 4.74 Å². The predicted octanol–water partition coefficient (Wildman–Crippen LogP) is 2.30. The molecule has 0 spiro atoms. The molecule has 0 aromatic heterocycles. The maximum Gasteiger partial charge on any atom is 0.319 e. The van der Waals surface area contributed by atoms with Crippen molar-refractivity contribution in [2.24, 2.45) is 0 Å². The number of hydrogen-bond donors (Lipinski definition) is 2. The van der Waals surface area contributed by atoms with Crippen LogP contribution >= 0.6 is 0 Å². The van der Waals surface area contributed by atoms with E-state index >= 15 is 0 Å². The lowest BCUT2D eigenvalue weighted by molar-refractivity contribution is 0.112. The van der Waals surface area contributed by atoms with E-state index in [1.54, 1.807) is 7.11 Å². The van der Waals surface area contributed by atoms with Gasteiger partial charge < -0.3 is 20.1 Å². The number of nitrogens with one attached hydrogen (secondary N) is 2. The van der Waals surface area contributed by atoms with Gasteiger partial charge in [0.25, 0.3) is 0 Å². The Bertz CT molecular complexity index is 442. The van der Waals surface area contributed by atoms with Crippen molar-refractivity contribution >= 4 is 11.7 Å². The normalized spacial score (nSPS) is 18.1. The molecular weight excluding hydrogens is 244 g/mol. The number of ether oxygens (including phenoxy) is 2. The largest absolute Gasteiger partial charge is 0.495 e. The number of benzene rings is 1. The van der Waals surface area contributed by atoms with Crippen LogP contribution in [-0.4, -0.2) is 32.4 Å². The molecule has 1 unspecified atom stereocenters. The molecule has 1 aliphatic heterocycles. The lowest BCUT2D eigenvalue weighted by Gasteiger charge is -2.14. The highest BCUT2D eigenvalue weighted by molar-refractivity contribution is 5.91. The third-order valence-electron chi connectivity index (χ3n) is 3.12. The minimum absolute atomic E-state index is 0.144. The van der Waals surface area contributed by atoms with Crippen LogP contribution < -0.4 is 15.4 Å². The van der Waals surface area contributed by atoms with Gasteiger partial charge in [0.15, 0.2) is 0 Å². The molecule has 0 radical (unpaired) electrons. The van der Waals surface area contributed by atoms with Gasteiger partial charge in [0.1, 0.15) is 5.75 Å². The Morgan fingerprint density at radius 3 is 3.05 bits per heavy atom. The van der Waals surface area contributed by atoms with Crippen molar-refractivity contribution in [2.75, 3.05) is 25.6 Å². The van der Waals surface area contributed by atoms with Crippen LogP contribution in [0.1, 0.15) is 18.4 Å². The van der Waals surface area contributed by atoms with Crippen LogP contribution in [0, 0.1) is 6.92 Å². The second-order valence-corrected chi connectivity index (χ2v) is 4.67. The Morgan fingerprint density at radius 1 is 1.53 bits per heavy atom. The number of methoxy groups -OCH3 is 1. The number of amides is 2. The van der Waals surface area contributed by atoms with Crippen LogP contribution in [0.4, 0.5) is 10.5 Å². The Kier molecular flexibility index (Phi) is 4.63. The third kappa shape index (κ3) is 3.86. The van der Waals surface area contributed by atoms with Crippen LogP contribution in [0.15, 0.2) is 18.2 Å². The molecule has 2 rings (SSSR count). The van der Waals surface area contributed by atoms with Gasteiger partial charge in [-0.2, -0.15) is 0 Å². The van der Waals surface area contributed by atoms with E-state index in [1.807, 2.05) is 25.1 Å². The monoisotopic (exact) mass is 264 g/mol. The van der Waals surface area contributed by atoms with Gasteiger partial charge in [-0.1, -0.05) is 6.07 Å². The van der Waals surface area contributed by atoms with E-state index in [1.165, 1.54) is 0 Å². The second kappa shape index (κ2) is 6.43. The summed E-state index contributed by atoms with van der Waals surface area (Å²) >= 11 is 0. The second-order valence-electron chi connectivity index (χ2n) is 4.67. The zero-order chi connectivity index (χ0) is 13.7. The molecular formula is C14H20N2O3. The number of carbonyl (C=O) groups excluding carboxylic acids is 1. The Labute approximate surface area is 113 Å². The van der Waals surface area contributed by atoms with Crippen LogP contribution in [0.25, 0.3) is 0 Å². The lowest BCUT2D eigenvalue weighted by Crippen LogP contribution is -2.35. The van der Waals surface area contributed by atoms with Crippen molar-refractivity contribution in [1.29, 1.82) is 0 Å². The Morgan fingerprint density at radius 2 is 2.37 bits per heavy atom. The van der Waals surface area contributed by atoms with E-state index in [2.05, 4.69) is 10.6 Å². The van der Waals surface area contributed by atoms with Crippen LogP contribution in [0.5, 0.6) is 5.75 Å². The van der Waals surface area contributed by atoms with Gasteiger partial charge in [-0.25, -0.2) is 4.79 Å². The van der Waals surface area contributed by atoms with Crippen molar-refractivity contribution in [3.05, 3.63) is 23.8 Å². The zero-order valence-corrected chi connectivity index (χ0v) is 11.4. The number of aryl methyl sites for hydroxylation is 1. The lowest BCUT2D eigenvalue weighted by atomic mass is 10.2. The molecule has 5 nitrogen and oxygen atoms in total. The smallest absolute Gasteiger partial charge is 0.319 e. The SMILES string of the molecule is COc1ccc(C)cc1NC(=O)NCC1CCCO1. The van der Waals surface area contributed by atoms with Crippen molar-refractivity contribution in [3.63, 3.8) is 0 Å². The fourth-order valence-corrected chi connectivity index (χ4v) is 2.10. The van der Waals surface area contributed by atoms with Gasteiger partial charge in [0, 0.05) is 13.2 Å². The fourth-order valence-electron chi connectivity index (χ4n) is 2.10. The third-order valence-corrected chi connectivity index (χ3v) is 3.12. The molecule has 0 bridgehead atoms. The van der Waals surface area contributed by atoms with Crippen LogP contribution in [0.3, 0.4) is 0 Å². The first-order valence-corrected chi connectivity index (χ1v) is 6.50. The standard InChI is InChI=1S/C14H20N2O3/c1-10-5-6-13(18-2)12(8-10)16-14(17)15-9-11-4-3-7-19-11/h5-6,8,11H,3-4,7,9H2,1-2H3,(H2,15,16,17). The molecule has 0 saturated carbocycles. The summed E-state index contributed by atoms with van der Waals surface area (Å²) < 4.78 is 10.7. The van der Waals surface area contributed by atoms with Crippen molar-refractivity contribution < 1.29 is 14.3 Å². The molecule has 2 amide bonds. The van der Waals surface area contributed by atoms with E-state index in [4.69, 9.17) is 9.47 Å². The quantitative estimate of drug-likeness (QED) is 0.877. The van der Waals surface area contributed by atoms with Crippen molar-refractivity contribution in [1.82, 2.24) is 5.32 Å². The summed E-state index contributed by atoms with van der Waals surface area (Å²) in [6, 6.07) is 5.42. The summed E-state index contributed by atoms with van der Waals surface area (Å²) in [5, 5.41) is 5.61. The average molecular weight is 264 g/mol. The highest BCUT2D eigenvalue weighted by Crippen LogP contribution is 2.24. The molecule has 1 aromatic rings. The predicted molar refractivity (Wildman–Crippen MR) is 73.7 cm³/mol. The van der Waals surface area contributed by atoms with E-state index in [0.717, 1.165) is 25.0 Å². The first kappa shape index (κ1) is 13.7. The van der Waals surface area contributed by atoms with Crippen molar-refractivity contribution in [2.45, 2.75) is 25.9 Å². The Balaban J connectivity index is 1.88. The van der Waals surface area contributed by atoms with Gasteiger partial charge in [0.2, 0.25) is 0 Å². The molecule has 104 valence electrons. The molecule has 1 saturated heterocycles. The van der Waals surface area contributed by atoms with Crippen LogP contribution in [0.2, 0.25) is 0 Å². The summed E-state index contributed by atoms with van der Waals surface area (Å²) in [4.78, 5) is 11.8. The van der Waals surface area contributed by atoms with Crippen molar-refractivity contribution in [3.8, 4) is 5.75 Å². The number of urea groups is 1. The zero-order valence-electron chi connectivity index (χ0n) is 11.4. The number of rotatable bonds is 4. The van der Waals surface area contributed by atoms with Gasteiger partial charge in [0.05, 0.1) is 18.9 Å². The average Bonchev–Trinajstić information content (AvgIpc) is 2.90. The highest BCUT2D eigenvalue weighted by Gasteiger charge is 2.16. The molecule has 5 heteroatoms. The minimum Gasteiger partial charge on any atom is -0.495 e. The number of hydrogen-bond acceptors (Lipinski definition) is 3. The minimum atomic E-state index is -0.237. The summed E-state index contributed by atoms with van der Waals surface area (Å²) in [6.45, 7) is 3.30. The first-order valence-electron chi connectivity index (χ1n) is 6.50. The maximum absolute atomic E-state index is 11.8. The summed E-state index contributed by atoms with van der Waals surface area (Å²) in [7, 11) is 1.58. The highest BCUT2D eigenvalue weighted by atomic mass is 16.5. The van der Waals surface area contributed by atoms with E-state index in [-0.39, 0.29) is 12.1 Å². The topological polar surface area (TPSA) is 59.6 Å². The van der Waals surface area contributed by atoms with Gasteiger partial charge >= 0.3 is 6.03 Å². The Hall–Kier alpha value is -1.75. The molecule has 0 aliphatic carbocycles. The molecule has 1 aromatic carbocycles. The van der Waals surface area contributed by atoms with E-state index in [0.29, 0.717) is 18.0 Å². The number of anilines is 1. The summed E-state index contributed by atoms with van der Waals surface area (Å²) in [6.07, 6.45) is 2.22. The fraction of sp³-hybridized carbons (Fsp3) is 0.500. The summed E-state index contributed by atoms with van der Waals surface area (Å²) in [5.74, 6) is 0.651. The molecule has 19 heavy (non-hydrogen) atoms. The molecule has 1 atom stereocenters. The molecule has 1 heterocycles. The number of carbonyl (C=O) groups is 1. The maximum atomic E-state index is 11.8. The molecule has 1 fully saturated rings.